The molecule has 152 valence electrons. The van der Waals surface area contributed by atoms with Crippen molar-refractivity contribution in [2.45, 2.75) is 25.8 Å². The molecular formula is C21H23N3O4S. The number of carbonyl (C=O) groups is 1. The molecule has 3 N–H and O–H groups in total. The lowest BCUT2D eigenvalue weighted by atomic mass is 10.1. The van der Waals surface area contributed by atoms with Crippen LogP contribution in [0.2, 0.25) is 0 Å². The number of aromatic hydroxyl groups is 1. The minimum atomic E-state index is -0.655. The van der Waals surface area contributed by atoms with Crippen molar-refractivity contribution in [1.82, 2.24) is 4.90 Å². The summed E-state index contributed by atoms with van der Waals surface area (Å²) in [4.78, 5) is 39.0. The Kier molecular flexibility index (Phi) is 6.03. The molecule has 1 unspecified atom stereocenters. The standard InChI is InChI=1S/C21H23N3O4S/c1-4-7-13(15-10-6-11-29-15)22-16-17(20(27)19(16)26)23-14-9-5-8-12(18(14)25)21(28)24(2)3/h5-6,8-11,13,22-23,25H,4,7H2,1-3H3. The number of thiophene rings is 1. The Morgan fingerprint density at radius 2 is 1.86 bits per heavy atom. The van der Waals surface area contributed by atoms with Crippen LogP contribution in [-0.2, 0) is 0 Å². The number of phenols is 1. The molecule has 3 aromatic rings. The van der Waals surface area contributed by atoms with Gasteiger partial charge in [0, 0.05) is 19.0 Å². The van der Waals surface area contributed by atoms with Crippen molar-refractivity contribution in [3.8, 4) is 5.75 Å². The molecule has 0 aliphatic rings. The van der Waals surface area contributed by atoms with Crippen LogP contribution in [0.5, 0.6) is 5.75 Å². The molecule has 3 rings (SSSR count). The van der Waals surface area contributed by atoms with Crippen LogP contribution < -0.4 is 21.5 Å². The van der Waals surface area contributed by atoms with E-state index in [9.17, 15) is 19.5 Å². The molecule has 0 bridgehead atoms. The molecule has 0 spiro atoms. The molecule has 1 aromatic heterocycles. The van der Waals surface area contributed by atoms with Crippen molar-refractivity contribution in [3.05, 3.63) is 66.6 Å². The van der Waals surface area contributed by atoms with Gasteiger partial charge in [-0.25, -0.2) is 0 Å². The van der Waals surface area contributed by atoms with Crippen LogP contribution in [0.4, 0.5) is 17.1 Å². The molecule has 29 heavy (non-hydrogen) atoms. The fourth-order valence-corrected chi connectivity index (χ4v) is 3.89. The number of hydrogen-bond donors (Lipinski definition) is 3. The van der Waals surface area contributed by atoms with Gasteiger partial charge in [-0.15, -0.1) is 11.3 Å². The Hall–Kier alpha value is -3.13. The molecule has 1 heterocycles. The van der Waals surface area contributed by atoms with E-state index in [4.69, 9.17) is 0 Å². The van der Waals surface area contributed by atoms with Gasteiger partial charge in [-0.05, 0) is 30.0 Å². The smallest absolute Gasteiger partial charge is 0.257 e. The van der Waals surface area contributed by atoms with Gasteiger partial charge in [-0.2, -0.15) is 0 Å². The lowest BCUT2D eigenvalue weighted by molar-refractivity contribution is 0.0824. The molecule has 2 aromatic carbocycles. The van der Waals surface area contributed by atoms with Crippen molar-refractivity contribution >= 4 is 34.3 Å². The number of amides is 1. The number of nitrogens with one attached hydrogen (secondary N) is 2. The molecular weight excluding hydrogens is 390 g/mol. The Morgan fingerprint density at radius 3 is 2.48 bits per heavy atom. The van der Waals surface area contributed by atoms with Gasteiger partial charge in [0.15, 0.2) is 5.75 Å². The van der Waals surface area contributed by atoms with Gasteiger partial charge in [0.1, 0.15) is 11.4 Å². The summed E-state index contributed by atoms with van der Waals surface area (Å²) in [5, 5.41) is 18.5. The molecule has 7 nitrogen and oxygen atoms in total. The summed E-state index contributed by atoms with van der Waals surface area (Å²) >= 11 is 1.58. The fourth-order valence-electron chi connectivity index (χ4n) is 3.08. The lowest BCUT2D eigenvalue weighted by Crippen LogP contribution is -2.37. The van der Waals surface area contributed by atoms with E-state index < -0.39 is 10.9 Å². The fraction of sp³-hybridized carbons (Fsp3) is 0.286. The summed E-state index contributed by atoms with van der Waals surface area (Å²) in [6.07, 6.45) is 1.71. The molecule has 0 aliphatic carbocycles. The van der Waals surface area contributed by atoms with Gasteiger partial charge in [0.05, 0.1) is 17.3 Å². The van der Waals surface area contributed by atoms with Crippen molar-refractivity contribution in [1.29, 1.82) is 0 Å². The number of phenolic OH excluding ortho intramolecular Hbond substituents is 1. The Bertz CT molecular complexity index is 1080. The van der Waals surface area contributed by atoms with Crippen LogP contribution >= 0.6 is 11.3 Å². The number of carbonyl (C=O) groups excluding carboxylic acids is 1. The van der Waals surface area contributed by atoms with Gasteiger partial charge in [-0.3, -0.25) is 14.4 Å². The van der Waals surface area contributed by atoms with E-state index in [2.05, 4.69) is 17.6 Å². The van der Waals surface area contributed by atoms with E-state index in [0.29, 0.717) is 0 Å². The normalized spacial score (nSPS) is 12.0. The first kappa shape index (κ1) is 20.6. The minimum absolute atomic E-state index is 0.0842. The zero-order valence-electron chi connectivity index (χ0n) is 16.5. The van der Waals surface area contributed by atoms with E-state index in [0.717, 1.165) is 17.7 Å². The number of hydrogen-bond acceptors (Lipinski definition) is 7. The monoisotopic (exact) mass is 413 g/mol. The Labute approximate surface area is 172 Å². The summed E-state index contributed by atoms with van der Waals surface area (Å²) in [7, 11) is 3.16. The van der Waals surface area contributed by atoms with Crippen molar-refractivity contribution in [2.24, 2.45) is 0 Å². The first-order valence-corrected chi connectivity index (χ1v) is 10.2. The second-order valence-electron chi connectivity index (χ2n) is 6.94. The quantitative estimate of drug-likeness (QED) is 0.386. The van der Waals surface area contributed by atoms with E-state index in [1.807, 2.05) is 17.5 Å². The van der Waals surface area contributed by atoms with Gasteiger partial charge in [-0.1, -0.05) is 25.5 Å². The minimum Gasteiger partial charge on any atom is -0.505 e. The number of nitrogens with zero attached hydrogens (tertiary/aromatic N) is 1. The second-order valence-corrected chi connectivity index (χ2v) is 7.91. The Balaban J connectivity index is 1.90. The average molecular weight is 413 g/mol. The van der Waals surface area contributed by atoms with Crippen LogP contribution in [0.15, 0.2) is 45.3 Å². The zero-order chi connectivity index (χ0) is 21.1. The Morgan fingerprint density at radius 1 is 1.14 bits per heavy atom. The SMILES string of the molecule is CCCC(Nc1c(Nc2cccc(C(=O)N(C)C)c2O)c(=O)c1=O)c1cccs1. The number of rotatable bonds is 8. The van der Waals surface area contributed by atoms with Crippen molar-refractivity contribution < 1.29 is 9.90 Å². The average Bonchev–Trinajstić information content (AvgIpc) is 3.24. The summed E-state index contributed by atoms with van der Waals surface area (Å²) in [6.45, 7) is 2.05. The lowest BCUT2D eigenvalue weighted by Gasteiger charge is -2.22. The summed E-state index contributed by atoms with van der Waals surface area (Å²) in [6, 6.07) is 8.49. The highest BCUT2D eigenvalue weighted by Crippen LogP contribution is 2.34. The van der Waals surface area contributed by atoms with E-state index in [1.54, 1.807) is 37.6 Å². The molecule has 0 saturated carbocycles. The highest BCUT2D eigenvalue weighted by atomic mass is 32.1. The van der Waals surface area contributed by atoms with Gasteiger partial charge in [0.2, 0.25) is 0 Å². The van der Waals surface area contributed by atoms with Crippen LogP contribution in [0.3, 0.4) is 0 Å². The third kappa shape index (κ3) is 4.02. The molecule has 1 atom stereocenters. The van der Waals surface area contributed by atoms with Gasteiger partial charge >= 0.3 is 0 Å². The molecule has 0 aliphatic heterocycles. The highest BCUT2D eigenvalue weighted by molar-refractivity contribution is 7.10. The molecule has 0 fully saturated rings. The van der Waals surface area contributed by atoms with E-state index in [-0.39, 0.29) is 40.3 Å². The zero-order valence-corrected chi connectivity index (χ0v) is 17.3. The van der Waals surface area contributed by atoms with Crippen LogP contribution in [0.1, 0.15) is 41.0 Å². The molecule has 8 heteroatoms. The predicted molar refractivity (Wildman–Crippen MR) is 116 cm³/mol. The summed E-state index contributed by atoms with van der Waals surface area (Å²) < 4.78 is 0. The second kappa shape index (κ2) is 8.48. The van der Waals surface area contributed by atoms with Crippen molar-refractivity contribution in [2.75, 3.05) is 24.7 Å². The van der Waals surface area contributed by atoms with Crippen molar-refractivity contribution in [3.63, 3.8) is 0 Å². The van der Waals surface area contributed by atoms with Crippen LogP contribution in [0, 0.1) is 0 Å². The first-order valence-electron chi connectivity index (χ1n) is 9.29. The third-order valence-corrected chi connectivity index (χ3v) is 5.61. The molecule has 0 radical (unpaired) electrons. The summed E-state index contributed by atoms with van der Waals surface area (Å²) in [5.41, 5.74) is -0.655. The molecule has 1 amide bonds. The maximum absolute atomic E-state index is 12.2. The van der Waals surface area contributed by atoms with Crippen LogP contribution in [-0.4, -0.2) is 30.0 Å². The summed E-state index contributed by atoms with van der Waals surface area (Å²) in [5.74, 6) is -0.635. The van der Waals surface area contributed by atoms with Gasteiger partial charge < -0.3 is 20.6 Å². The maximum Gasteiger partial charge on any atom is 0.257 e. The van der Waals surface area contributed by atoms with Gasteiger partial charge in [0.25, 0.3) is 16.8 Å². The molecule has 0 saturated heterocycles. The number of anilines is 3. The number of para-hydroxylation sites is 1. The highest BCUT2D eigenvalue weighted by Gasteiger charge is 2.26. The maximum atomic E-state index is 12.2. The number of benzene rings is 1. The topological polar surface area (TPSA) is 98.7 Å². The van der Waals surface area contributed by atoms with E-state index in [1.165, 1.54) is 11.0 Å². The van der Waals surface area contributed by atoms with E-state index >= 15 is 0 Å². The predicted octanol–water partition coefficient (Wildman–Crippen LogP) is 3.45. The third-order valence-electron chi connectivity index (χ3n) is 4.63. The first-order chi connectivity index (χ1) is 13.8. The van der Waals surface area contributed by atoms with Crippen LogP contribution in [0.25, 0.3) is 0 Å². The largest absolute Gasteiger partial charge is 0.505 e.